The molecule has 0 spiro atoms. The van der Waals surface area contributed by atoms with Crippen LogP contribution in [0, 0.1) is 0 Å². The minimum absolute atomic E-state index is 0.0125. The topological polar surface area (TPSA) is 33.7 Å². The number of benzene rings is 5. The molecule has 0 saturated carbocycles. The summed E-state index contributed by atoms with van der Waals surface area (Å²) in [5, 5.41) is 4.79. The number of hydrogen-bond donors (Lipinski definition) is 1. The van der Waals surface area contributed by atoms with Crippen molar-refractivity contribution in [2.75, 3.05) is 10.6 Å². The van der Waals surface area contributed by atoms with Crippen LogP contribution < -0.4 is 10.6 Å². The predicted molar refractivity (Wildman–Crippen MR) is 223 cm³/mol. The molecule has 4 heteroatoms. The highest BCUT2D eigenvalue weighted by Crippen LogP contribution is 2.54. The largest absolute Gasteiger partial charge is 0.396 e. The lowest BCUT2D eigenvalue weighted by molar-refractivity contribution is 0.590. The summed E-state index contributed by atoms with van der Waals surface area (Å²) >= 11 is 4.12. The van der Waals surface area contributed by atoms with Gasteiger partial charge in [0.1, 0.15) is 0 Å². The fraction of sp³-hybridized carbons (Fsp3) is 0.348. The van der Waals surface area contributed by atoms with E-state index in [1.54, 1.807) is 0 Å². The number of nitrogens with two attached hydrogens (primary N) is 1. The molecule has 258 valence electrons. The van der Waals surface area contributed by atoms with Crippen LogP contribution in [-0.4, -0.2) is 4.40 Å². The fourth-order valence-electron chi connectivity index (χ4n) is 7.47. The second kappa shape index (κ2) is 11.2. The van der Waals surface area contributed by atoms with Crippen molar-refractivity contribution >= 4 is 76.8 Å². The molecule has 5 aromatic carbocycles. The first-order chi connectivity index (χ1) is 23.2. The quantitative estimate of drug-likeness (QED) is 0.184. The summed E-state index contributed by atoms with van der Waals surface area (Å²) in [7, 11) is 0. The van der Waals surface area contributed by atoms with Crippen molar-refractivity contribution in [3.05, 3.63) is 112 Å². The van der Waals surface area contributed by atoms with E-state index in [-0.39, 0.29) is 21.7 Å². The molecule has 0 saturated heterocycles. The highest BCUT2D eigenvalue weighted by molar-refractivity contribution is 9.10. The third-order valence-corrected chi connectivity index (χ3v) is 11.4. The summed E-state index contributed by atoms with van der Waals surface area (Å²) in [4.78, 5) is 2.38. The van der Waals surface area contributed by atoms with Crippen molar-refractivity contribution in [1.82, 2.24) is 4.40 Å². The molecule has 7 rings (SSSR count). The molecule has 0 atom stereocenters. The minimum Gasteiger partial charge on any atom is -0.396 e. The van der Waals surface area contributed by atoms with Crippen LogP contribution in [0.4, 0.5) is 22.7 Å². The average molecular weight is 727 g/mol. The molecule has 0 aliphatic rings. The standard InChI is InChI=1S/C46H52BrN3/c1-43(2,3)27-13-19-31(20-14-27)49(32-21-15-28(16-22-32)44(4,5)6)42-38-34-26-30(46(10,11)12)18-24-36(34)50-35-23-17-29(45(7,8)9)25-33(35)37(41(38)50)39(47)40(42)48/h13-26H,48H2,1-12H3. The molecule has 3 nitrogen and oxygen atoms in total. The van der Waals surface area contributed by atoms with Crippen molar-refractivity contribution in [1.29, 1.82) is 0 Å². The minimum atomic E-state index is -0.0125. The molecular formula is C46H52BrN3. The van der Waals surface area contributed by atoms with Gasteiger partial charge in [0.05, 0.1) is 32.4 Å². The number of nitrogens with zero attached hydrogens (tertiary/aromatic N) is 2. The number of halogens is 1. The summed E-state index contributed by atoms with van der Waals surface area (Å²) in [5.74, 6) is 0. The van der Waals surface area contributed by atoms with Gasteiger partial charge >= 0.3 is 0 Å². The van der Waals surface area contributed by atoms with Crippen LogP contribution in [0.2, 0.25) is 0 Å². The van der Waals surface area contributed by atoms with Crippen LogP contribution in [0.3, 0.4) is 0 Å². The van der Waals surface area contributed by atoms with Gasteiger partial charge < -0.3 is 15.0 Å². The second-order valence-corrected chi connectivity index (χ2v) is 19.2. The van der Waals surface area contributed by atoms with Crippen LogP contribution >= 0.6 is 15.9 Å². The van der Waals surface area contributed by atoms with Crippen LogP contribution in [0.1, 0.15) is 105 Å². The van der Waals surface area contributed by atoms with Gasteiger partial charge in [-0.3, -0.25) is 0 Å². The van der Waals surface area contributed by atoms with E-state index < -0.39 is 0 Å². The first kappa shape index (κ1) is 34.4. The van der Waals surface area contributed by atoms with Crippen LogP contribution in [0.15, 0.2) is 89.4 Å². The van der Waals surface area contributed by atoms with Gasteiger partial charge in [-0.1, -0.05) is 119 Å². The Morgan fingerprint density at radius 1 is 0.500 bits per heavy atom. The van der Waals surface area contributed by atoms with Crippen molar-refractivity contribution in [2.45, 2.75) is 105 Å². The Morgan fingerprint density at radius 3 is 1.24 bits per heavy atom. The predicted octanol–water partition coefficient (Wildman–Crippen LogP) is 13.8. The monoisotopic (exact) mass is 725 g/mol. The number of fused-ring (bicyclic) bond motifs is 6. The Hall–Kier alpha value is -4.02. The molecule has 0 fully saturated rings. The van der Waals surface area contributed by atoms with E-state index in [1.807, 2.05) is 0 Å². The number of rotatable bonds is 3. The van der Waals surface area contributed by atoms with E-state index in [2.05, 4.69) is 193 Å². The summed E-state index contributed by atoms with van der Waals surface area (Å²) in [6.45, 7) is 27.3. The van der Waals surface area contributed by atoms with Gasteiger partial charge in [0.15, 0.2) is 0 Å². The highest BCUT2D eigenvalue weighted by Gasteiger charge is 2.31. The van der Waals surface area contributed by atoms with Crippen molar-refractivity contribution in [3.8, 4) is 0 Å². The number of aromatic nitrogens is 1. The van der Waals surface area contributed by atoms with Gasteiger partial charge in [-0.2, -0.15) is 0 Å². The van der Waals surface area contributed by atoms with Crippen LogP contribution in [-0.2, 0) is 21.7 Å². The van der Waals surface area contributed by atoms with Gasteiger partial charge in [-0.25, -0.2) is 0 Å². The molecule has 0 bridgehead atoms. The number of nitrogen functional groups attached to an aromatic ring is 1. The van der Waals surface area contributed by atoms with E-state index >= 15 is 0 Å². The van der Waals surface area contributed by atoms with Gasteiger partial charge in [-0.15, -0.1) is 0 Å². The lowest BCUT2D eigenvalue weighted by Gasteiger charge is -2.30. The van der Waals surface area contributed by atoms with Crippen LogP contribution in [0.25, 0.3) is 38.1 Å². The maximum atomic E-state index is 7.48. The first-order valence-corrected chi connectivity index (χ1v) is 18.7. The van der Waals surface area contributed by atoms with E-state index in [1.165, 1.54) is 60.3 Å². The van der Waals surface area contributed by atoms with Crippen molar-refractivity contribution in [3.63, 3.8) is 0 Å². The summed E-state index contributed by atoms with van der Waals surface area (Å²) in [5.41, 5.74) is 20.3. The molecule has 0 amide bonds. The SMILES string of the molecule is CC(C)(C)c1ccc(N(c2ccc(C(C)(C)C)cc2)c2c(N)c(Br)c3c4cc(C(C)(C)C)ccc4n4c5ccc(C(C)(C)C)cc5c2c34)cc1. The Balaban J connectivity index is 1.66. The number of hydrogen-bond acceptors (Lipinski definition) is 2. The van der Waals surface area contributed by atoms with E-state index in [9.17, 15) is 0 Å². The summed E-state index contributed by atoms with van der Waals surface area (Å²) < 4.78 is 3.42. The van der Waals surface area contributed by atoms with E-state index in [0.29, 0.717) is 0 Å². The highest BCUT2D eigenvalue weighted by atomic mass is 79.9. The molecule has 0 unspecified atom stereocenters. The number of anilines is 4. The van der Waals surface area contributed by atoms with Crippen LogP contribution in [0.5, 0.6) is 0 Å². The Kier molecular flexibility index (Phi) is 7.74. The Bertz CT molecular complexity index is 2340. The molecule has 2 N–H and O–H groups in total. The van der Waals surface area contributed by atoms with Gasteiger partial charge in [0, 0.05) is 32.9 Å². The normalized spacial score (nSPS) is 13.4. The summed E-state index contributed by atoms with van der Waals surface area (Å²) in [6, 6.07) is 32.1. The van der Waals surface area contributed by atoms with Gasteiger partial charge in [-0.05, 0) is 108 Å². The van der Waals surface area contributed by atoms with Gasteiger partial charge in [0.2, 0.25) is 0 Å². The molecule has 2 heterocycles. The zero-order valence-electron chi connectivity index (χ0n) is 31.9. The second-order valence-electron chi connectivity index (χ2n) is 18.4. The lowest BCUT2D eigenvalue weighted by atomic mass is 9.85. The van der Waals surface area contributed by atoms with Crippen molar-refractivity contribution in [2.24, 2.45) is 0 Å². The molecule has 7 aromatic rings. The van der Waals surface area contributed by atoms with E-state index in [4.69, 9.17) is 5.73 Å². The van der Waals surface area contributed by atoms with Gasteiger partial charge in [0.25, 0.3) is 0 Å². The molecule has 2 aromatic heterocycles. The molecule has 50 heavy (non-hydrogen) atoms. The first-order valence-electron chi connectivity index (χ1n) is 17.9. The zero-order chi connectivity index (χ0) is 36.3. The zero-order valence-corrected chi connectivity index (χ0v) is 33.5. The smallest absolute Gasteiger partial charge is 0.0804 e. The maximum Gasteiger partial charge on any atom is 0.0804 e. The lowest BCUT2D eigenvalue weighted by Crippen LogP contribution is -2.16. The third-order valence-electron chi connectivity index (χ3n) is 10.6. The van der Waals surface area contributed by atoms with E-state index in [0.717, 1.165) is 27.2 Å². The molecule has 0 aliphatic carbocycles. The van der Waals surface area contributed by atoms with Crippen molar-refractivity contribution < 1.29 is 0 Å². The Labute approximate surface area is 306 Å². The molecule has 0 aliphatic heterocycles. The molecular weight excluding hydrogens is 674 g/mol. The Morgan fingerprint density at radius 2 is 0.860 bits per heavy atom. The average Bonchev–Trinajstić information content (AvgIpc) is 3.53. The maximum absolute atomic E-state index is 7.48. The molecule has 0 radical (unpaired) electrons. The summed E-state index contributed by atoms with van der Waals surface area (Å²) in [6.07, 6.45) is 0. The third kappa shape index (κ3) is 5.46. The fourth-order valence-corrected chi connectivity index (χ4v) is 8.05.